The van der Waals surface area contributed by atoms with Gasteiger partial charge >= 0.3 is 0 Å². The molecule has 2 unspecified atom stereocenters. The van der Waals surface area contributed by atoms with Crippen LogP contribution in [0, 0.1) is 5.92 Å². The molecule has 1 heterocycles. The minimum Gasteiger partial charge on any atom is -0.459 e. The van der Waals surface area contributed by atoms with Crippen molar-refractivity contribution < 1.29 is 9.52 Å². The van der Waals surface area contributed by atoms with Crippen LogP contribution in [0.5, 0.6) is 0 Å². The molecule has 1 fully saturated rings. The van der Waals surface area contributed by atoms with Crippen LogP contribution in [0.15, 0.2) is 39.7 Å². The van der Waals surface area contributed by atoms with Crippen molar-refractivity contribution >= 4 is 16.9 Å². The van der Waals surface area contributed by atoms with Gasteiger partial charge in [0.2, 0.25) is 0 Å². The molecule has 3 rings (SSSR count). The molecule has 130 valence electrons. The number of aliphatic imine (C=N–C) groups is 1. The molecule has 1 saturated carbocycles. The molecule has 1 aliphatic rings. The van der Waals surface area contributed by atoms with Gasteiger partial charge in [0.05, 0.1) is 12.6 Å². The first kappa shape index (κ1) is 16.8. The minimum atomic E-state index is -0.197. The molecule has 1 aliphatic carbocycles. The third kappa shape index (κ3) is 3.90. The summed E-state index contributed by atoms with van der Waals surface area (Å²) in [6.07, 6.45) is 2.88. The van der Waals surface area contributed by atoms with E-state index in [-0.39, 0.29) is 6.10 Å². The Bertz CT molecular complexity index is 662. The molecule has 2 atom stereocenters. The lowest BCUT2D eigenvalue weighted by Crippen LogP contribution is -2.39. The second kappa shape index (κ2) is 7.71. The number of nitrogens with one attached hydrogen (secondary N) is 1. The van der Waals surface area contributed by atoms with Gasteiger partial charge in [-0.1, -0.05) is 24.6 Å². The average molecular weight is 329 g/mol. The van der Waals surface area contributed by atoms with Crippen LogP contribution in [0.25, 0.3) is 11.0 Å². The minimum absolute atomic E-state index is 0.197. The van der Waals surface area contributed by atoms with Gasteiger partial charge in [0.1, 0.15) is 11.3 Å². The number of fused-ring (bicyclic) bond motifs is 1. The van der Waals surface area contributed by atoms with E-state index in [1.165, 1.54) is 0 Å². The summed E-state index contributed by atoms with van der Waals surface area (Å²) in [5.41, 5.74) is 0.914. The molecular weight excluding hydrogens is 302 g/mol. The fourth-order valence-corrected chi connectivity index (χ4v) is 3.33. The third-order valence-electron chi connectivity index (χ3n) is 4.66. The van der Waals surface area contributed by atoms with Gasteiger partial charge in [-0.05, 0) is 31.9 Å². The van der Waals surface area contributed by atoms with Gasteiger partial charge in [0, 0.05) is 31.4 Å². The van der Waals surface area contributed by atoms with Crippen LogP contribution in [0.3, 0.4) is 0 Å². The molecule has 1 aromatic carbocycles. The molecule has 5 heteroatoms. The quantitative estimate of drug-likeness (QED) is 0.654. The van der Waals surface area contributed by atoms with Gasteiger partial charge < -0.3 is 19.7 Å². The van der Waals surface area contributed by atoms with Gasteiger partial charge in [-0.2, -0.15) is 0 Å². The average Bonchev–Trinajstić information content (AvgIpc) is 3.16. The van der Waals surface area contributed by atoms with Crippen molar-refractivity contribution in [3.8, 4) is 0 Å². The summed E-state index contributed by atoms with van der Waals surface area (Å²) in [6.45, 7) is 4.22. The topological polar surface area (TPSA) is 61.0 Å². The highest BCUT2D eigenvalue weighted by atomic mass is 16.3. The molecule has 0 saturated heterocycles. The summed E-state index contributed by atoms with van der Waals surface area (Å²) in [4.78, 5) is 6.80. The van der Waals surface area contributed by atoms with Crippen molar-refractivity contribution in [3.05, 3.63) is 36.1 Å². The number of nitrogens with zero attached hydrogens (tertiary/aromatic N) is 2. The van der Waals surface area contributed by atoms with Crippen LogP contribution < -0.4 is 5.32 Å². The molecule has 0 radical (unpaired) electrons. The molecule has 2 N–H and O–H groups in total. The lowest BCUT2D eigenvalue weighted by molar-refractivity contribution is 0.136. The molecule has 24 heavy (non-hydrogen) atoms. The molecule has 1 aromatic heterocycles. The Balaban J connectivity index is 1.67. The van der Waals surface area contributed by atoms with Gasteiger partial charge in [0.25, 0.3) is 0 Å². The van der Waals surface area contributed by atoms with Crippen molar-refractivity contribution in [2.75, 3.05) is 20.1 Å². The van der Waals surface area contributed by atoms with E-state index in [1.807, 2.05) is 25.2 Å². The standard InChI is InChI=1S/C19H27N3O2/c1-3-20-19(21-12-15-8-6-9-17(15)23)22(2)13-16-11-14-7-4-5-10-18(14)24-16/h4-5,7,10-11,15,17,23H,3,6,8-9,12-13H2,1-2H3,(H,20,21). The number of aliphatic hydroxyl groups is 1. The molecular formula is C19H27N3O2. The zero-order valence-corrected chi connectivity index (χ0v) is 14.5. The van der Waals surface area contributed by atoms with Crippen molar-refractivity contribution in [1.82, 2.24) is 10.2 Å². The lowest BCUT2D eigenvalue weighted by Gasteiger charge is -2.22. The van der Waals surface area contributed by atoms with E-state index >= 15 is 0 Å². The number of hydrogen-bond donors (Lipinski definition) is 2. The number of aliphatic hydroxyl groups excluding tert-OH is 1. The third-order valence-corrected chi connectivity index (χ3v) is 4.66. The first-order chi connectivity index (χ1) is 11.7. The lowest BCUT2D eigenvalue weighted by atomic mass is 10.1. The van der Waals surface area contributed by atoms with Gasteiger partial charge in [-0.25, -0.2) is 0 Å². The Kier molecular flexibility index (Phi) is 5.41. The highest BCUT2D eigenvalue weighted by Crippen LogP contribution is 2.25. The second-order valence-corrected chi connectivity index (χ2v) is 6.56. The van der Waals surface area contributed by atoms with Gasteiger partial charge in [-0.15, -0.1) is 0 Å². The van der Waals surface area contributed by atoms with Crippen LogP contribution in [-0.4, -0.2) is 42.2 Å². The molecule has 0 bridgehead atoms. The largest absolute Gasteiger partial charge is 0.459 e. The Morgan fingerprint density at radius 2 is 2.21 bits per heavy atom. The van der Waals surface area contributed by atoms with Crippen molar-refractivity contribution in [1.29, 1.82) is 0 Å². The number of rotatable bonds is 5. The van der Waals surface area contributed by atoms with E-state index in [4.69, 9.17) is 9.41 Å². The summed E-state index contributed by atoms with van der Waals surface area (Å²) in [6, 6.07) is 10.1. The van der Waals surface area contributed by atoms with Crippen LogP contribution in [0.1, 0.15) is 31.9 Å². The van der Waals surface area contributed by atoms with E-state index in [9.17, 15) is 5.11 Å². The maximum atomic E-state index is 9.97. The van der Waals surface area contributed by atoms with E-state index in [2.05, 4.69) is 29.3 Å². The SMILES string of the molecule is CCNC(=NCC1CCCC1O)N(C)Cc1cc2ccccc2o1. The summed E-state index contributed by atoms with van der Waals surface area (Å²) in [7, 11) is 2.01. The van der Waals surface area contributed by atoms with E-state index in [0.717, 1.165) is 48.5 Å². The monoisotopic (exact) mass is 329 g/mol. The number of benzene rings is 1. The summed E-state index contributed by atoms with van der Waals surface area (Å²) >= 11 is 0. The molecule has 5 nitrogen and oxygen atoms in total. The summed E-state index contributed by atoms with van der Waals surface area (Å²) in [5.74, 6) is 2.07. The predicted octanol–water partition coefficient (Wildman–Crippen LogP) is 2.99. The smallest absolute Gasteiger partial charge is 0.194 e. The summed E-state index contributed by atoms with van der Waals surface area (Å²) in [5, 5.41) is 14.4. The van der Waals surface area contributed by atoms with E-state index < -0.39 is 0 Å². The Labute approximate surface area is 143 Å². The zero-order valence-electron chi connectivity index (χ0n) is 14.5. The van der Waals surface area contributed by atoms with Crippen LogP contribution in [0.4, 0.5) is 0 Å². The normalized spacial score (nSPS) is 21.4. The molecule has 0 amide bonds. The zero-order chi connectivity index (χ0) is 16.9. The van der Waals surface area contributed by atoms with Crippen molar-refractivity contribution in [2.45, 2.75) is 38.8 Å². The van der Waals surface area contributed by atoms with Crippen LogP contribution in [0.2, 0.25) is 0 Å². The maximum absolute atomic E-state index is 9.97. The second-order valence-electron chi connectivity index (χ2n) is 6.56. The number of furan rings is 1. The molecule has 2 aromatic rings. The Hall–Kier alpha value is -2.01. The fraction of sp³-hybridized carbons (Fsp3) is 0.526. The predicted molar refractivity (Wildman–Crippen MR) is 97.0 cm³/mol. The van der Waals surface area contributed by atoms with Gasteiger partial charge in [0.15, 0.2) is 5.96 Å². The highest BCUT2D eigenvalue weighted by molar-refractivity contribution is 5.80. The number of para-hydroxylation sites is 1. The van der Waals surface area contributed by atoms with Crippen LogP contribution >= 0.6 is 0 Å². The highest BCUT2D eigenvalue weighted by Gasteiger charge is 2.25. The first-order valence-corrected chi connectivity index (χ1v) is 8.82. The van der Waals surface area contributed by atoms with Crippen molar-refractivity contribution in [3.63, 3.8) is 0 Å². The fourth-order valence-electron chi connectivity index (χ4n) is 3.33. The summed E-state index contributed by atoms with van der Waals surface area (Å²) < 4.78 is 5.90. The first-order valence-electron chi connectivity index (χ1n) is 8.82. The Morgan fingerprint density at radius 3 is 2.92 bits per heavy atom. The van der Waals surface area contributed by atoms with Crippen molar-refractivity contribution in [2.24, 2.45) is 10.9 Å². The Morgan fingerprint density at radius 1 is 1.38 bits per heavy atom. The van der Waals surface area contributed by atoms with E-state index in [0.29, 0.717) is 19.0 Å². The van der Waals surface area contributed by atoms with Gasteiger partial charge in [-0.3, -0.25) is 4.99 Å². The number of hydrogen-bond acceptors (Lipinski definition) is 3. The molecule has 0 aliphatic heterocycles. The molecule has 0 spiro atoms. The van der Waals surface area contributed by atoms with E-state index in [1.54, 1.807) is 0 Å². The van der Waals surface area contributed by atoms with Crippen LogP contribution in [-0.2, 0) is 6.54 Å². The maximum Gasteiger partial charge on any atom is 0.194 e. The number of guanidine groups is 1.